The van der Waals surface area contributed by atoms with E-state index in [1.54, 1.807) is 9.80 Å². The summed E-state index contributed by atoms with van der Waals surface area (Å²) in [6.45, 7) is 5.13. The molecule has 0 saturated carbocycles. The van der Waals surface area contributed by atoms with Crippen molar-refractivity contribution in [1.29, 1.82) is 0 Å². The Morgan fingerprint density at radius 3 is 2.69 bits per heavy atom. The Bertz CT molecular complexity index is 1620. The molecule has 2 amide bonds. The first-order chi connectivity index (χ1) is 18.8. The predicted molar refractivity (Wildman–Crippen MR) is 142 cm³/mol. The van der Waals surface area contributed by atoms with E-state index in [4.69, 9.17) is 4.74 Å². The average Bonchev–Trinajstić information content (AvgIpc) is 3.15. The van der Waals surface area contributed by atoms with E-state index in [1.807, 2.05) is 32.0 Å². The summed E-state index contributed by atoms with van der Waals surface area (Å²) in [6, 6.07) is 12.8. The highest BCUT2D eigenvalue weighted by Gasteiger charge is 2.35. The molecule has 9 heteroatoms. The molecule has 1 fully saturated rings. The van der Waals surface area contributed by atoms with E-state index in [0.717, 1.165) is 57.0 Å². The van der Waals surface area contributed by atoms with Gasteiger partial charge in [-0.15, -0.1) is 0 Å². The number of amides is 2. The molecule has 3 aromatic carbocycles. The molecule has 1 saturated heterocycles. The van der Waals surface area contributed by atoms with E-state index in [1.165, 1.54) is 6.07 Å². The van der Waals surface area contributed by atoms with E-state index < -0.39 is 17.7 Å². The summed E-state index contributed by atoms with van der Waals surface area (Å²) in [6.07, 6.45) is 0.294. The standard InChI is InChI=1S/C30H28F2N4O3/c1-17-11-21(19-4-6-26-27(14-19)34-18(2)33-26)12-22-16-35(9-10-39-29(17)22)30(38)36-8-7-23(37)15-28(36)20-3-5-24(31)25(32)13-20/h3-6,11-14,28H,7-10,15-16H2,1-2H3,(H,33,34). The number of ether oxygens (including phenoxy) is 1. The number of likely N-dealkylation sites (tertiary alicyclic amines) is 1. The van der Waals surface area contributed by atoms with Gasteiger partial charge < -0.3 is 19.5 Å². The molecule has 0 bridgehead atoms. The topological polar surface area (TPSA) is 78.5 Å². The molecule has 0 radical (unpaired) electrons. The third kappa shape index (κ3) is 4.73. The van der Waals surface area contributed by atoms with Crippen LogP contribution in [0.15, 0.2) is 48.5 Å². The van der Waals surface area contributed by atoms with Crippen molar-refractivity contribution in [3.05, 3.63) is 82.7 Å². The normalized spacial score (nSPS) is 17.6. The van der Waals surface area contributed by atoms with E-state index in [0.29, 0.717) is 25.3 Å². The molecular formula is C30H28F2N4O3. The van der Waals surface area contributed by atoms with Crippen LogP contribution in [0.3, 0.4) is 0 Å². The van der Waals surface area contributed by atoms with Crippen LogP contribution in [0.5, 0.6) is 5.75 Å². The Kier molecular flexibility index (Phi) is 6.29. The van der Waals surface area contributed by atoms with Crippen LogP contribution in [0.2, 0.25) is 0 Å². The third-order valence-electron chi connectivity index (χ3n) is 7.53. The molecule has 1 unspecified atom stereocenters. The molecule has 1 atom stereocenters. The Balaban J connectivity index is 1.31. The van der Waals surface area contributed by atoms with E-state index in [9.17, 15) is 18.4 Å². The van der Waals surface area contributed by atoms with Crippen LogP contribution in [0.4, 0.5) is 13.6 Å². The zero-order valence-corrected chi connectivity index (χ0v) is 21.8. The Morgan fingerprint density at radius 1 is 1.03 bits per heavy atom. The van der Waals surface area contributed by atoms with Gasteiger partial charge in [0.1, 0.15) is 24.0 Å². The number of H-pyrrole nitrogens is 1. The number of hydrogen-bond donors (Lipinski definition) is 1. The molecule has 4 aromatic rings. The Labute approximate surface area is 224 Å². The van der Waals surface area contributed by atoms with Crippen molar-refractivity contribution in [1.82, 2.24) is 19.8 Å². The zero-order valence-electron chi connectivity index (χ0n) is 21.8. The van der Waals surface area contributed by atoms with Crippen LogP contribution < -0.4 is 4.74 Å². The lowest BCUT2D eigenvalue weighted by molar-refractivity contribution is -0.122. The summed E-state index contributed by atoms with van der Waals surface area (Å²) in [4.78, 5) is 37.2. The van der Waals surface area contributed by atoms with Crippen LogP contribution in [0.1, 0.15) is 41.4 Å². The number of hydrogen-bond acceptors (Lipinski definition) is 4. The fourth-order valence-corrected chi connectivity index (χ4v) is 5.62. The Hall–Kier alpha value is -4.27. The van der Waals surface area contributed by atoms with Gasteiger partial charge in [-0.2, -0.15) is 0 Å². The van der Waals surface area contributed by atoms with Crippen LogP contribution in [0.25, 0.3) is 22.2 Å². The number of benzene rings is 3. The quantitative estimate of drug-likeness (QED) is 0.353. The number of rotatable bonds is 2. The number of fused-ring (bicyclic) bond motifs is 2. The number of Topliss-reactive ketones (excluding diaryl/α,β-unsaturated/α-hetero) is 1. The molecule has 6 rings (SSSR count). The van der Waals surface area contributed by atoms with Crippen LogP contribution >= 0.6 is 0 Å². The zero-order chi connectivity index (χ0) is 27.3. The maximum atomic E-state index is 14.0. The second kappa shape index (κ2) is 9.80. The first kappa shape index (κ1) is 25.0. The molecule has 0 aliphatic carbocycles. The summed E-state index contributed by atoms with van der Waals surface area (Å²) < 4.78 is 33.7. The third-order valence-corrected chi connectivity index (χ3v) is 7.53. The summed E-state index contributed by atoms with van der Waals surface area (Å²) in [5.74, 6) is -0.361. The van der Waals surface area contributed by atoms with E-state index >= 15 is 0 Å². The first-order valence-electron chi connectivity index (χ1n) is 13.0. The van der Waals surface area contributed by atoms with Gasteiger partial charge in [-0.1, -0.05) is 12.1 Å². The fourth-order valence-electron chi connectivity index (χ4n) is 5.62. The number of aromatic nitrogens is 2. The van der Waals surface area contributed by atoms with Gasteiger partial charge in [0.25, 0.3) is 0 Å². The summed E-state index contributed by atoms with van der Waals surface area (Å²) >= 11 is 0. The minimum absolute atomic E-state index is 0.0111. The number of carbonyl (C=O) groups is 2. The smallest absolute Gasteiger partial charge is 0.320 e. The van der Waals surface area contributed by atoms with Gasteiger partial charge in [-0.05, 0) is 72.5 Å². The van der Waals surface area contributed by atoms with Crippen molar-refractivity contribution in [3.8, 4) is 16.9 Å². The van der Waals surface area contributed by atoms with Crippen molar-refractivity contribution in [2.24, 2.45) is 0 Å². The molecule has 2 aliphatic heterocycles. The van der Waals surface area contributed by atoms with Crippen molar-refractivity contribution in [2.45, 2.75) is 39.3 Å². The maximum absolute atomic E-state index is 14.0. The van der Waals surface area contributed by atoms with Crippen molar-refractivity contribution < 1.29 is 23.1 Å². The predicted octanol–water partition coefficient (Wildman–Crippen LogP) is 5.85. The SMILES string of the molecule is Cc1nc2ccc(-c3cc(C)c4c(c3)CN(C(=O)N3CCC(=O)CC3c3ccc(F)c(F)c3)CCO4)cc2[nH]1. The monoisotopic (exact) mass is 530 g/mol. The number of carbonyl (C=O) groups excluding carboxylic acids is 2. The number of ketones is 1. The number of nitrogens with zero attached hydrogens (tertiary/aromatic N) is 3. The highest BCUT2D eigenvalue weighted by molar-refractivity contribution is 5.85. The minimum Gasteiger partial charge on any atom is -0.491 e. The van der Waals surface area contributed by atoms with Gasteiger partial charge in [-0.3, -0.25) is 4.79 Å². The van der Waals surface area contributed by atoms with E-state index in [-0.39, 0.29) is 31.2 Å². The minimum atomic E-state index is -0.999. The number of urea groups is 1. The number of aromatic amines is 1. The summed E-state index contributed by atoms with van der Waals surface area (Å²) in [7, 11) is 0. The van der Waals surface area contributed by atoms with Crippen molar-refractivity contribution in [2.75, 3.05) is 19.7 Å². The lowest BCUT2D eigenvalue weighted by Crippen LogP contribution is -2.48. The van der Waals surface area contributed by atoms with Crippen molar-refractivity contribution in [3.63, 3.8) is 0 Å². The summed E-state index contributed by atoms with van der Waals surface area (Å²) in [5, 5.41) is 0. The molecule has 7 nitrogen and oxygen atoms in total. The first-order valence-corrected chi connectivity index (χ1v) is 13.0. The lowest BCUT2D eigenvalue weighted by atomic mass is 9.94. The molecule has 2 aliphatic rings. The van der Waals surface area contributed by atoms with E-state index in [2.05, 4.69) is 22.1 Å². The molecule has 0 spiro atoms. The number of nitrogens with one attached hydrogen (secondary N) is 1. The molecule has 3 heterocycles. The van der Waals surface area contributed by atoms with Gasteiger partial charge in [0.05, 0.1) is 30.2 Å². The lowest BCUT2D eigenvalue weighted by Gasteiger charge is -2.38. The van der Waals surface area contributed by atoms with Gasteiger partial charge in [-0.25, -0.2) is 18.6 Å². The second-order valence-electron chi connectivity index (χ2n) is 10.3. The second-order valence-corrected chi connectivity index (χ2v) is 10.3. The largest absolute Gasteiger partial charge is 0.491 e. The van der Waals surface area contributed by atoms with Crippen LogP contribution in [-0.2, 0) is 11.3 Å². The molecule has 1 N–H and O–H groups in total. The number of halogens is 2. The molecule has 200 valence electrons. The molecular weight excluding hydrogens is 502 g/mol. The fraction of sp³-hybridized carbons (Fsp3) is 0.300. The Morgan fingerprint density at radius 2 is 1.87 bits per heavy atom. The van der Waals surface area contributed by atoms with Crippen LogP contribution in [-0.4, -0.2) is 51.3 Å². The number of imidazole rings is 1. The molecule has 39 heavy (non-hydrogen) atoms. The highest BCUT2D eigenvalue weighted by Crippen LogP contribution is 2.36. The van der Waals surface area contributed by atoms with Crippen LogP contribution in [0, 0.1) is 25.5 Å². The van der Waals surface area contributed by atoms with Gasteiger partial charge in [0.2, 0.25) is 0 Å². The summed E-state index contributed by atoms with van der Waals surface area (Å²) in [5.41, 5.74) is 6.14. The maximum Gasteiger partial charge on any atom is 0.320 e. The average molecular weight is 531 g/mol. The number of piperidine rings is 1. The van der Waals surface area contributed by atoms with Gasteiger partial charge in [0, 0.05) is 24.9 Å². The highest BCUT2D eigenvalue weighted by atomic mass is 19.2. The van der Waals surface area contributed by atoms with Gasteiger partial charge in [0.15, 0.2) is 11.6 Å². The van der Waals surface area contributed by atoms with Gasteiger partial charge >= 0.3 is 6.03 Å². The van der Waals surface area contributed by atoms with Crippen molar-refractivity contribution >= 4 is 22.8 Å². The molecule has 1 aromatic heterocycles. The number of aryl methyl sites for hydroxylation is 2.